The molecule has 3 N–H and O–H groups in total. The molecular formula is C13H13NO2S. The number of rotatable bonds is 3. The zero-order valence-electron chi connectivity index (χ0n) is 9.38. The highest BCUT2D eigenvalue weighted by Gasteiger charge is 2.11. The average Bonchev–Trinajstić information content (AvgIpc) is 2.34. The fraction of sp³-hybridized carbons (Fsp3) is 0.0769. The number of benzene rings is 2. The molecule has 88 valence electrons. The highest BCUT2D eigenvalue weighted by Crippen LogP contribution is 2.42. The predicted molar refractivity (Wildman–Crippen MR) is 69.6 cm³/mol. The number of aromatic hydroxyl groups is 1. The van der Waals surface area contributed by atoms with E-state index in [1.165, 1.54) is 11.8 Å². The molecule has 0 aliphatic rings. The highest BCUT2D eigenvalue weighted by molar-refractivity contribution is 7.99. The van der Waals surface area contributed by atoms with E-state index < -0.39 is 0 Å². The number of ether oxygens (including phenoxy) is 1. The Balaban J connectivity index is 2.39. The minimum Gasteiger partial charge on any atom is -0.507 e. The van der Waals surface area contributed by atoms with Crippen molar-refractivity contribution in [2.75, 3.05) is 12.8 Å². The molecule has 0 saturated carbocycles. The van der Waals surface area contributed by atoms with Gasteiger partial charge in [0, 0.05) is 10.6 Å². The Kier molecular flexibility index (Phi) is 3.44. The first-order chi connectivity index (χ1) is 8.22. The Bertz CT molecular complexity index is 529. The molecule has 0 aliphatic carbocycles. The molecule has 2 aromatic carbocycles. The Morgan fingerprint density at radius 1 is 1.12 bits per heavy atom. The summed E-state index contributed by atoms with van der Waals surface area (Å²) in [7, 11) is 1.58. The van der Waals surface area contributed by atoms with Gasteiger partial charge in [0.15, 0.2) is 0 Å². The number of para-hydroxylation sites is 1. The molecule has 3 nitrogen and oxygen atoms in total. The van der Waals surface area contributed by atoms with E-state index in [-0.39, 0.29) is 5.75 Å². The number of hydrogen-bond acceptors (Lipinski definition) is 4. The molecule has 2 rings (SSSR count). The van der Waals surface area contributed by atoms with Crippen molar-refractivity contribution < 1.29 is 9.84 Å². The van der Waals surface area contributed by atoms with Gasteiger partial charge in [-0.25, -0.2) is 0 Å². The van der Waals surface area contributed by atoms with Gasteiger partial charge in [-0.1, -0.05) is 30.0 Å². The SMILES string of the molecule is COc1cccc(O)c1Sc1ccccc1N. The van der Waals surface area contributed by atoms with Crippen LogP contribution in [0.25, 0.3) is 0 Å². The van der Waals surface area contributed by atoms with Gasteiger partial charge in [0.25, 0.3) is 0 Å². The molecule has 0 spiro atoms. The van der Waals surface area contributed by atoms with Crippen LogP contribution in [0.2, 0.25) is 0 Å². The van der Waals surface area contributed by atoms with Gasteiger partial charge in [-0.3, -0.25) is 0 Å². The molecule has 0 aliphatic heterocycles. The molecule has 0 heterocycles. The second kappa shape index (κ2) is 5.01. The van der Waals surface area contributed by atoms with Crippen molar-refractivity contribution in [3.8, 4) is 11.5 Å². The van der Waals surface area contributed by atoms with E-state index in [0.717, 1.165) is 4.90 Å². The van der Waals surface area contributed by atoms with Crippen molar-refractivity contribution in [1.29, 1.82) is 0 Å². The van der Waals surface area contributed by atoms with Crippen LogP contribution in [0.3, 0.4) is 0 Å². The predicted octanol–water partition coefficient (Wildman–Crippen LogP) is 3.13. The third-order valence-corrected chi connectivity index (χ3v) is 3.52. The van der Waals surface area contributed by atoms with E-state index in [0.29, 0.717) is 16.3 Å². The van der Waals surface area contributed by atoms with E-state index in [4.69, 9.17) is 10.5 Å². The summed E-state index contributed by atoms with van der Waals surface area (Å²) < 4.78 is 5.22. The van der Waals surface area contributed by atoms with Crippen LogP contribution in [-0.2, 0) is 0 Å². The van der Waals surface area contributed by atoms with Crippen molar-refractivity contribution >= 4 is 17.4 Å². The highest BCUT2D eigenvalue weighted by atomic mass is 32.2. The van der Waals surface area contributed by atoms with Gasteiger partial charge in [-0.2, -0.15) is 0 Å². The lowest BCUT2D eigenvalue weighted by Crippen LogP contribution is -1.89. The van der Waals surface area contributed by atoms with Crippen LogP contribution < -0.4 is 10.5 Å². The first kappa shape index (κ1) is 11.7. The van der Waals surface area contributed by atoms with Crippen LogP contribution in [0.5, 0.6) is 11.5 Å². The third kappa shape index (κ3) is 2.47. The standard InChI is InChI=1S/C13H13NO2S/c1-16-11-7-4-6-10(15)13(11)17-12-8-3-2-5-9(12)14/h2-8,15H,14H2,1H3. The molecule has 0 bridgehead atoms. The minimum absolute atomic E-state index is 0.192. The van der Waals surface area contributed by atoms with Crippen LogP contribution in [0.1, 0.15) is 0 Å². The molecule has 0 radical (unpaired) electrons. The maximum absolute atomic E-state index is 9.83. The van der Waals surface area contributed by atoms with Crippen LogP contribution in [-0.4, -0.2) is 12.2 Å². The molecule has 4 heteroatoms. The molecule has 0 amide bonds. The minimum atomic E-state index is 0.192. The Morgan fingerprint density at radius 3 is 2.59 bits per heavy atom. The van der Waals surface area contributed by atoms with Gasteiger partial charge in [-0.05, 0) is 24.3 Å². The monoisotopic (exact) mass is 247 g/mol. The summed E-state index contributed by atoms with van der Waals surface area (Å²) in [5.74, 6) is 0.829. The number of phenols is 1. The molecular weight excluding hydrogens is 234 g/mol. The normalized spacial score (nSPS) is 10.2. The second-order valence-electron chi connectivity index (χ2n) is 3.45. The van der Waals surface area contributed by atoms with Crippen molar-refractivity contribution in [3.05, 3.63) is 42.5 Å². The van der Waals surface area contributed by atoms with Gasteiger partial charge in [0.2, 0.25) is 0 Å². The van der Waals surface area contributed by atoms with Crippen molar-refractivity contribution in [2.24, 2.45) is 0 Å². The van der Waals surface area contributed by atoms with Crippen molar-refractivity contribution in [2.45, 2.75) is 9.79 Å². The number of nitrogen functional groups attached to an aromatic ring is 1. The molecule has 0 unspecified atom stereocenters. The topological polar surface area (TPSA) is 55.5 Å². The second-order valence-corrected chi connectivity index (χ2v) is 4.50. The lowest BCUT2D eigenvalue weighted by atomic mass is 10.3. The summed E-state index contributed by atoms with van der Waals surface area (Å²) in [5, 5.41) is 9.83. The summed E-state index contributed by atoms with van der Waals surface area (Å²) >= 11 is 1.39. The number of hydrogen-bond donors (Lipinski definition) is 2. The lowest BCUT2D eigenvalue weighted by Gasteiger charge is -2.10. The van der Waals surface area contributed by atoms with E-state index in [2.05, 4.69) is 0 Å². The van der Waals surface area contributed by atoms with E-state index in [1.54, 1.807) is 25.3 Å². The molecule has 2 aromatic rings. The molecule has 0 aromatic heterocycles. The smallest absolute Gasteiger partial charge is 0.136 e. The number of methoxy groups -OCH3 is 1. The lowest BCUT2D eigenvalue weighted by molar-refractivity contribution is 0.391. The maximum Gasteiger partial charge on any atom is 0.136 e. The third-order valence-electron chi connectivity index (χ3n) is 2.31. The molecule has 0 fully saturated rings. The van der Waals surface area contributed by atoms with Crippen LogP contribution in [0, 0.1) is 0 Å². The van der Waals surface area contributed by atoms with E-state index >= 15 is 0 Å². The first-order valence-corrected chi connectivity index (χ1v) is 5.92. The zero-order valence-corrected chi connectivity index (χ0v) is 10.2. The van der Waals surface area contributed by atoms with E-state index in [9.17, 15) is 5.11 Å². The van der Waals surface area contributed by atoms with Crippen LogP contribution >= 0.6 is 11.8 Å². The first-order valence-electron chi connectivity index (χ1n) is 5.10. The fourth-order valence-electron chi connectivity index (χ4n) is 1.45. The molecule has 0 saturated heterocycles. The summed E-state index contributed by atoms with van der Waals surface area (Å²) in [6.07, 6.45) is 0. The number of nitrogens with two attached hydrogens (primary N) is 1. The van der Waals surface area contributed by atoms with Gasteiger partial charge < -0.3 is 15.6 Å². The summed E-state index contributed by atoms with van der Waals surface area (Å²) in [6.45, 7) is 0. The number of phenolic OH excluding ortho intramolecular Hbond substituents is 1. The summed E-state index contributed by atoms with van der Waals surface area (Å²) in [5.41, 5.74) is 6.55. The summed E-state index contributed by atoms with van der Waals surface area (Å²) in [6, 6.07) is 12.7. The maximum atomic E-state index is 9.83. The van der Waals surface area contributed by atoms with Gasteiger partial charge in [0.1, 0.15) is 11.5 Å². The molecule has 0 atom stereocenters. The Hall–Kier alpha value is -1.81. The average molecular weight is 247 g/mol. The van der Waals surface area contributed by atoms with Crippen LogP contribution in [0.4, 0.5) is 5.69 Å². The Morgan fingerprint density at radius 2 is 1.88 bits per heavy atom. The quantitative estimate of drug-likeness (QED) is 0.818. The Labute approximate surface area is 104 Å². The van der Waals surface area contributed by atoms with Gasteiger partial charge in [-0.15, -0.1) is 0 Å². The van der Waals surface area contributed by atoms with Crippen molar-refractivity contribution in [1.82, 2.24) is 0 Å². The largest absolute Gasteiger partial charge is 0.507 e. The van der Waals surface area contributed by atoms with Gasteiger partial charge in [0.05, 0.1) is 12.0 Å². The zero-order chi connectivity index (χ0) is 12.3. The van der Waals surface area contributed by atoms with Crippen molar-refractivity contribution in [3.63, 3.8) is 0 Å². The van der Waals surface area contributed by atoms with Crippen LogP contribution in [0.15, 0.2) is 52.3 Å². The van der Waals surface area contributed by atoms with E-state index in [1.807, 2.05) is 24.3 Å². The van der Waals surface area contributed by atoms with Gasteiger partial charge >= 0.3 is 0 Å². The fourth-order valence-corrected chi connectivity index (χ4v) is 2.43. The summed E-state index contributed by atoms with van der Waals surface area (Å²) in [4.78, 5) is 1.57. The number of anilines is 1. The molecule has 17 heavy (non-hydrogen) atoms.